The third-order valence-electron chi connectivity index (χ3n) is 4.22. The third kappa shape index (κ3) is 5.05. The molecule has 0 spiro atoms. The zero-order valence-electron chi connectivity index (χ0n) is 15.4. The maximum Gasteiger partial charge on any atom is 0.257 e. The summed E-state index contributed by atoms with van der Waals surface area (Å²) in [5.74, 6) is 0.177. The van der Waals surface area contributed by atoms with Crippen molar-refractivity contribution in [1.82, 2.24) is 10.2 Å². The minimum absolute atomic E-state index is 0.0571. The second-order valence-electron chi connectivity index (χ2n) is 6.13. The van der Waals surface area contributed by atoms with Crippen molar-refractivity contribution in [3.8, 4) is 5.75 Å². The second kappa shape index (κ2) is 9.29. The van der Waals surface area contributed by atoms with Gasteiger partial charge < -0.3 is 19.7 Å². The number of nitrogens with zero attached hydrogens (tertiary/aromatic N) is 1. The van der Waals surface area contributed by atoms with Crippen LogP contribution in [0.5, 0.6) is 5.75 Å². The van der Waals surface area contributed by atoms with Gasteiger partial charge in [-0.15, -0.1) is 0 Å². The molecular formula is C20H21N3O4S. The molecular weight excluding hydrogens is 378 g/mol. The molecule has 0 bridgehead atoms. The number of nitrogens with one attached hydrogen (secondary N) is 2. The number of ether oxygens (including phenoxy) is 2. The zero-order chi connectivity index (χ0) is 19.9. The smallest absolute Gasteiger partial charge is 0.257 e. The monoisotopic (exact) mass is 399 g/mol. The number of hydrogen-bond acceptors (Lipinski definition) is 5. The Morgan fingerprint density at radius 2 is 1.79 bits per heavy atom. The van der Waals surface area contributed by atoms with Gasteiger partial charge >= 0.3 is 0 Å². The van der Waals surface area contributed by atoms with E-state index in [2.05, 4.69) is 10.6 Å². The van der Waals surface area contributed by atoms with Crippen LogP contribution >= 0.6 is 12.2 Å². The first kappa shape index (κ1) is 19.8. The SMILES string of the molecule is COc1cccc(C(=O)NC(=S)Nc2cccc(C(=O)N3CCOCC3)c2)c1. The molecule has 0 saturated carbocycles. The third-order valence-corrected chi connectivity index (χ3v) is 4.43. The van der Waals surface area contributed by atoms with E-state index < -0.39 is 0 Å². The number of thiocarbonyl (C=S) groups is 1. The fourth-order valence-corrected chi connectivity index (χ4v) is 2.99. The highest BCUT2D eigenvalue weighted by Crippen LogP contribution is 2.15. The molecule has 0 aromatic heterocycles. The van der Waals surface area contributed by atoms with Crippen molar-refractivity contribution in [2.75, 3.05) is 38.7 Å². The van der Waals surface area contributed by atoms with E-state index in [1.165, 1.54) is 7.11 Å². The fraction of sp³-hybridized carbons (Fsp3) is 0.250. The summed E-state index contributed by atoms with van der Waals surface area (Å²) in [6, 6.07) is 13.8. The van der Waals surface area contributed by atoms with Gasteiger partial charge in [-0.05, 0) is 48.6 Å². The van der Waals surface area contributed by atoms with Gasteiger partial charge in [-0.1, -0.05) is 12.1 Å². The highest BCUT2D eigenvalue weighted by Gasteiger charge is 2.18. The largest absolute Gasteiger partial charge is 0.497 e. The van der Waals surface area contributed by atoms with Crippen LogP contribution in [-0.4, -0.2) is 55.2 Å². The minimum atomic E-state index is -0.350. The second-order valence-corrected chi connectivity index (χ2v) is 6.53. The summed E-state index contributed by atoms with van der Waals surface area (Å²) in [5, 5.41) is 5.71. The molecule has 7 nitrogen and oxygen atoms in total. The van der Waals surface area contributed by atoms with Crippen LogP contribution in [0.3, 0.4) is 0 Å². The first-order valence-electron chi connectivity index (χ1n) is 8.80. The maximum absolute atomic E-state index is 12.6. The molecule has 0 unspecified atom stereocenters. The first-order chi connectivity index (χ1) is 13.6. The van der Waals surface area contributed by atoms with Gasteiger partial charge in [0.05, 0.1) is 20.3 Å². The molecule has 2 aromatic carbocycles. The molecule has 1 heterocycles. The topological polar surface area (TPSA) is 79.9 Å². The van der Waals surface area contributed by atoms with Crippen LogP contribution in [0.25, 0.3) is 0 Å². The molecule has 8 heteroatoms. The molecule has 1 aliphatic heterocycles. The Morgan fingerprint density at radius 1 is 1.07 bits per heavy atom. The zero-order valence-corrected chi connectivity index (χ0v) is 16.3. The van der Waals surface area contributed by atoms with Gasteiger partial charge in [-0.3, -0.25) is 14.9 Å². The van der Waals surface area contributed by atoms with Crippen LogP contribution in [0.2, 0.25) is 0 Å². The Balaban J connectivity index is 1.62. The highest BCUT2D eigenvalue weighted by atomic mass is 32.1. The highest BCUT2D eigenvalue weighted by molar-refractivity contribution is 7.80. The van der Waals surface area contributed by atoms with Crippen molar-refractivity contribution in [2.45, 2.75) is 0 Å². The molecule has 146 valence electrons. The number of carbonyl (C=O) groups excluding carboxylic acids is 2. The predicted molar refractivity (Wildman–Crippen MR) is 110 cm³/mol. The molecule has 1 saturated heterocycles. The Morgan fingerprint density at radius 3 is 2.54 bits per heavy atom. The minimum Gasteiger partial charge on any atom is -0.497 e. The Hall–Kier alpha value is -2.97. The summed E-state index contributed by atoms with van der Waals surface area (Å²) in [7, 11) is 1.54. The number of benzene rings is 2. The van der Waals surface area contributed by atoms with Gasteiger partial charge in [0.1, 0.15) is 5.75 Å². The standard InChI is InChI=1S/C20H21N3O4S/c1-26-17-7-3-4-14(13-17)18(24)22-20(28)21-16-6-2-5-15(12-16)19(25)23-8-10-27-11-9-23/h2-7,12-13H,8-11H2,1H3,(H2,21,22,24,28). The first-order valence-corrected chi connectivity index (χ1v) is 9.21. The van der Waals surface area contributed by atoms with Gasteiger partial charge in [0, 0.05) is 29.9 Å². The van der Waals surface area contributed by atoms with Crippen molar-refractivity contribution in [3.63, 3.8) is 0 Å². The molecule has 28 heavy (non-hydrogen) atoms. The quantitative estimate of drug-likeness (QED) is 0.768. The summed E-state index contributed by atoms with van der Waals surface area (Å²) < 4.78 is 10.4. The average molecular weight is 399 g/mol. The maximum atomic E-state index is 12.6. The number of anilines is 1. The molecule has 1 fully saturated rings. The van der Waals surface area contributed by atoms with Gasteiger partial charge in [0.2, 0.25) is 0 Å². The molecule has 0 aliphatic carbocycles. The lowest BCUT2D eigenvalue weighted by Gasteiger charge is -2.27. The molecule has 0 radical (unpaired) electrons. The van der Waals surface area contributed by atoms with Crippen LogP contribution in [0.4, 0.5) is 5.69 Å². The van der Waals surface area contributed by atoms with Crippen molar-refractivity contribution in [2.24, 2.45) is 0 Å². The molecule has 3 rings (SSSR count). The van der Waals surface area contributed by atoms with Gasteiger partial charge in [0.15, 0.2) is 5.11 Å². The molecule has 1 aliphatic rings. The van der Waals surface area contributed by atoms with Crippen molar-refractivity contribution < 1.29 is 19.1 Å². The number of hydrogen-bond donors (Lipinski definition) is 2. The summed E-state index contributed by atoms with van der Waals surface area (Å²) in [6.45, 7) is 2.24. The Labute approximate surface area is 168 Å². The Bertz CT molecular complexity index is 881. The number of rotatable bonds is 4. The van der Waals surface area contributed by atoms with E-state index in [0.717, 1.165) is 0 Å². The van der Waals surface area contributed by atoms with E-state index in [1.54, 1.807) is 53.4 Å². The number of methoxy groups -OCH3 is 1. The predicted octanol–water partition coefficient (Wildman–Crippen LogP) is 2.29. The number of amides is 2. The lowest BCUT2D eigenvalue weighted by Crippen LogP contribution is -2.40. The summed E-state index contributed by atoms with van der Waals surface area (Å²) in [6.07, 6.45) is 0. The lowest BCUT2D eigenvalue weighted by molar-refractivity contribution is 0.0303. The van der Waals surface area contributed by atoms with Crippen LogP contribution in [-0.2, 0) is 4.74 Å². The average Bonchev–Trinajstić information content (AvgIpc) is 2.74. The van der Waals surface area contributed by atoms with Crippen molar-refractivity contribution in [3.05, 3.63) is 59.7 Å². The summed E-state index contributed by atoms with van der Waals surface area (Å²) in [5.41, 5.74) is 1.60. The molecule has 0 atom stereocenters. The molecule has 2 aromatic rings. The van der Waals surface area contributed by atoms with Crippen LogP contribution in [0.1, 0.15) is 20.7 Å². The van der Waals surface area contributed by atoms with Crippen LogP contribution < -0.4 is 15.4 Å². The van der Waals surface area contributed by atoms with E-state index in [4.69, 9.17) is 21.7 Å². The van der Waals surface area contributed by atoms with E-state index in [9.17, 15) is 9.59 Å². The lowest BCUT2D eigenvalue weighted by atomic mass is 10.1. The normalized spacial score (nSPS) is 13.5. The number of carbonyl (C=O) groups is 2. The van der Waals surface area contributed by atoms with Crippen molar-refractivity contribution in [1.29, 1.82) is 0 Å². The number of morpholine rings is 1. The van der Waals surface area contributed by atoms with Crippen LogP contribution in [0.15, 0.2) is 48.5 Å². The van der Waals surface area contributed by atoms with E-state index in [1.807, 2.05) is 0 Å². The van der Waals surface area contributed by atoms with Gasteiger partial charge in [0.25, 0.3) is 11.8 Å². The Kier molecular flexibility index (Phi) is 6.57. The van der Waals surface area contributed by atoms with E-state index in [-0.39, 0.29) is 16.9 Å². The van der Waals surface area contributed by atoms with Gasteiger partial charge in [-0.25, -0.2) is 0 Å². The summed E-state index contributed by atoms with van der Waals surface area (Å²) in [4.78, 5) is 26.7. The fourth-order valence-electron chi connectivity index (χ4n) is 2.78. The van der Waals surface area contributed by atoms with Crippen molar-refractivity contribution >= 4 is 34.8 Å². The van der Waals surface area contributed by atoms with E-state index in [0.29, 0.717) is 48.9 Å². The van der Waals surface area contributed by atoms with Crippen LogP contribution in [0, 0.1) is 0 Å². The van der Waals surface area contributed by atoms with Gasteiger partial charge in [-0.2, -0.15) is 0 Å². The summed E-state index contributed by atoms with van der Waals surface area (Å²) >= 11 is 5.22. The molecule has 2 amide bonds. The van der Waals surface area contributed by atoms with E-state index >= 15 is 0 Å². The molecule has 2 N–H and O–H groups in total.